The minimum atomic E-state index is 0.169. The first-order valence-electron chi connectivity index (χ1n) is 7.55. The van der Waals surface area contributed by atoms with Gasteiger partial charge in [-0.15, -0.1) is 0 Å². The molecule has 1 aromatic heterocycles. The zero-order chi connectivity index (χ0) is 15.2. The standard InChI is InChI=1S/C18H23BrN2/c1-12-8-14-16(20)9-18(2,3)10-17(14)21(12)11-13-6-4-5-7-15(13)19/h4-8,16H,9-11,20H2,1-3H3. The Morgan fingerprint density at radius 2 is 2.05 bits per heavy atom. The van der Waals surface area contributed by atoms with Gasteiger partial charge < -0.3 is 10.3 Å². The molecule has 1 atom stereocenters. The number of nitrogens with zero attached hydrogens (tertiary/aromatic N) is 1. The van der Waals surface area contributed by atoms with Crippen LogP contribution in [-0.2, 0) is 13.0 Å². The highest BCUT2D eigenvalue weighted by atomic mass is 79.9. The molecular formula is C18H23BrN2. The van der Waals surface area contributed by atoms with E-state index in [0.717, 1.165) is 19.4 Å². The molecule has 1 heterocycles. The van der Waals surface area contributed by atoms with Gasteiger partial charge in [-0.05, 0) is 48.4 Å². The number of rotatable bonds is 2. The number of hydrogen-bond acceptors (Lipinski definition) is 1. The summed E-state index contributed by atoms with van der Waals surface area (Å²) in [7, 11) is 0. The van der Waals surface area contributed by atoms with Crippen molar-refractivity contribution in [1.82, 2.24) is 4.57 Å². The Balaban J connectivity index is 2.03. The Morgan fingerprint density at radius 3 is 2.76 bits per heavy atom. The Bertz CT molecular complexity index is 670. The largest absolute Gasteiger partial charge is 0.344 e. The quantitative estimate of drug-likeness (QED) is 0.847. The van der Waals surface area contributed by atoms with E-state index in [0.29, 0.717) is 0 Å². The molecule has 0 saturated heterocycles. The summed E-state index contributed by atoms with van der Waals surface area (Å²) in [5.74, 6) is 0. The van der Waals surface area contributed by atoms with Crippen LogP contribution < -0.4 is 5.73 Å². The number of nitrogens with two attached hydrogens (primary N) is 1. The van der Waals surface area contributed by atoms with Crippen LogP contribution in [-0.4, -0.2) is 4.57 Å². The van der Waals surface area contributed by atoms with E-state index < -0.39 is 0 Å². The molecule has 2 nitrogen and oxygen atoms in total. The first-order valence-corrected chi connectivity index (χ1v) is 8.34. The summed E-state index contributed by atoms with van der Waals surface area (Å²) in [5, 5.41) is 0. The van der Waals surface area contributed by atoms with Gasteiger partial charge in [0.1, 0.15) is 0 Å². The normalized spacial score (nSPS) is 20.3. The Hall–Kier alpha value is -1.06. The molecule has 1 aliphatic rings. The fourth-order valence-corrected chi connectivity index (χ4v) is 3.93. The molecule has 1 unspecified atom stereocenters. The predicted molar refractivity (Wildman–Crippen MR) is 91.4 cm³/mol. The van der Waals surface area contributed by atoms with Crippen LogP contribution in [0, 0.1) is 12.3 Å². The van der Waals surface area contributed by atoms with Crippen LogP contribution in [0.25, 0.3) is 0 Å². The highest BCUT2D eigenvalue weighted by Gasteiger charge is 2.33. The predicted octanol–water partition coefficient (Wildman–Crippen LogP) is 4.58. The summed E-state index contributed by atoms with van der Waals surface area (Å²) < 4.78 is 3.61. The second kappa shape index (κ2) is 5.29. The van der Waals surface area contributed by atoms with Gasteiger partial charge in [-0.3, -0.25) is 0 Å². The maximum atomic E-state index is 6.40. The molecule has 1 aliphatic carbocycles. The zero-order valence-corrected chi connectivity index (χ0v) is 14.6. The first-order chi connectivity index (χ1) is 9.87. The molecule has 3 heteroatoms. The summed E-state index contributed by atoms with van der Waals surface area (Å²) in [4.78, 5) is 0. The molecule has 2 N–H and O–H groups in total. The van der Waals surface area contributed by atoms with E-state index in [4.69, 9.17) is 5.73 Å². The van der Waals surface area contributed by atoms with Crippen LogP contribution in [0.15, 0.2) is 34.8 Å². The molecule has 0 amide bonds. The van der Waals surface area contributed by atoms with E-state index in [1.54, 1.807) is 0 Å². The van der Waals surface area contributed by atoms with Gasteiger partial charge in [0.05, 0.1) is 0 Å². The van der Waals surface area contributed by atoms with Crippen LogP contribution in [0.3, 0.4) is 0 Å². The van der Waals surface area contributed by atoms with Crippen LogP contribution >= 0.6 is 15.9 Å². The Morgan fingerprint density at radius 1 is 1.33 bits per heavy atom. The van der Waals surface area contributed by atoms with Gasteiger partial charge in [-0.25, -0.2) is 0 Å². The lowest BCUT2D eigenvalue weighted by Crippen LogP contribution is -2.30. The van der Waals surface area contributed by atoms with Crippen molar-refractivity contribution in [2.45, 2.75) is 46.2 Å². The van der Waals surface area contributed by atoms with E-state index in [2.05, 4.69) is 71.6 Å². The lowest BCUT2D eigenvalue weighted by Gasteiger charge is -2.34. The molecular weight excluding hydrogens is 324 g/mol. The molecule has 2 aromatic rings. The number of aromatic nitrogens is 1. The molecule has 0 radical (unpaired) electrons. The SMILES string of the molecule is Cc1cc2c(n1Cc1ccccc1Br)CC(C)(C)CC2N. The third-order valence-electron chi connectivity index (χ3n) is 4.55. The maximum Gasteiger partial charge on any atom is 0.0486 e. The van der Waals surface area contributed by atoms with Crippen LogP contribution in [0.5, 0.6) is 0 Å². The van der Waals surface area contributed by atoms with Crippen LogP contribution in [0.4, 0.5) is 0 Å². The van der Waals surface area contributed by atoms with Crippen molar-refractivity contribution in [1.29, 1.82) is 0 Å². The van der Waals surface area contributed by atoms with Gasteiger partial charge in [-0.1, -0.05) is 48.0 Å². The molecule has 3 rings (SSSR count). The summed E-state index contributed by atoms with van der Waals surface area (Å²) in [6.07, 6.45) is 2.17. The zero-order valence-electron chi connectivity index (χ0n) is 13.0. The van der Waals surface area contributed by atoms with Gasteiger partial charge in [0.15, 0.2) is 0 Å². The van der Waals surface area contributed by atoms with Gasteiger partial charge in [0.25, 0.3) is 0 Å². The van der Waals surface area contributed by atoms with Crippen molar-refractivity contribution in [3.8, 4) is 0 Å². The van der Waals surface area contributed by atoms with Crippen molar-refractivity contribution in [3.05, 3.63) is 57.3 Å². The Labute approximate surface area is 135 Å². The van der Waals surface area contributed by atoms with E-state index in [-0.39, 0.29) is 11.5 Å². The smallest absolute Gasteiger partial charge is 0.0486 e. The van der Waals surface area contributed by atoms with Crippen molar-refractivity contribution >= 4 is 15.9 Å². The number of fused-ring (bicyclic) bond motifs is 1. The minimum Gasteiger partial charge on any atom is -0.344 e. The lowest BCUT2D eigenvalue weighted by atomic mass is 9.74. The number of hydrogen-bond donors (Lipinski definition) is 1. The third-order valence-corrected chi connectivity index (χ3v) is 5.33. The van der Waals surface area contributed by atoms with Crippen molar-refractivity contribution < 1.29 is 0 Å². The molecule has 0 saturated carbocycles. The van der Waals surface area contributed by atoms with Crippen molar-refractivity contribution in [2.24, 2.45) is 11.1 Å². The van der Waals surface area contributed by atoms with E-state index in [9.17, 15) is 0 Å². The number of halogens is 1. The molecule has 0 aliphatic heterocycles. The van der Waals surface area contributed by atoms with Crippen molar-refractivity contribution in [3.63, 3.8) is 0 Å². The van der Waals surface area contributed by atoms with Crippen molar-refractivity contribution in [2.75, 3.05) is 0 Å². The topological polar surface area (TPSA) is 30.9 Å². The first kappa shape index (κ1) is 14.9. The third kappa shape index (κ3) is 2.82. The average molecular weight is 347 g/mol. The summed E-state index contributed by atoms with van der Waals surface area (Å²) in [6.45, 7) is 7.74. The highest BCUT2D eigenvalue weighted by molar-refractivity contribution is 9.10. The van der Waals surface area contributed by atoms with Crippen LogP contribution in [0.1, 0.15) is 48.8 Å². The summed E-state index contributed by atoms with van der Waals surface area (Å²) in [5.41, 5.74) is 12.1. The molecule has 0 spiro atoms. The summed E-state index contributed by atoms with van der Waals surface area (Å²) in [6, 6.07) is 10.9. The second-order valence-corrected chi connectivity index (χ2v) is 7.87. The second-order valence-electron chi connectivity index (χ2n) is 7.02. The minimum absolute atomic E-state index is 0.169. The van der Waals surface area contributed by atoms with E-state index >= 15 is 0 Å². The fraction of sp³-hybridized carbons (Fsp3) is 0.444. The monoisotopic (exact) mass is 346 g/mol. The van der Waals surface area contributed by atoms with Gasteiger partial charge in [-0.2, -0.15) is 0 Å². The Kier molecular flexibility index (Phi) is 3.74. The lowest BCUT2D eigenvalue weighted by molar-refractivity contribution is 0.276. The molecule has 112 valence electrons. The fourth-order valence-electron chi connectivity index (χ4n) is 3.52. The number of aryl methyl sites for hydroxylation is 1. The summed E-state index contributed by atoms with van der Waals surface area (Å²) >= 11 is 3.66. The molecule has 0 bridgehead atoms. The van der Waals surface area contributed by atoms with Gasteiger partial charge >= 0.3 is 0 Å². The molecule has 0 fully saturated rings. The average Bonchev–Trinajstić information content (AvgIpc) is 2.69. The van der Waals surface area contributed by atoms with E-state index in [1.807, 2.05) is 0 Å². The maximum absolute atomic E-state index is 6.40. The molecule has 21 heavy (non-hydrogen) atoms. The van der Waals surface area contributed by atoms with E-state index in [1.165, 1.54) is 27.0 Å². The van der Waals surface area contributed by atoms with Crippen LogP contribution in [0.2, 0.25) is 0 Å². The number of benzene rings is 1. The molecule has 1 aromatic carbocycles. The van der Waals surface area contributed by atoms with Gasteiger partial charge in [0.2, 0.25) is 0 Å². The highest BCUT2D eigenvalue weighted by Crippen LogP contribution is 2.41. The van der Waals surface area contributed by atoms with Gasteiger partial charge in [0, 0.05) is 28.4 Å².